The maximum absolute atomic E-state index is 12.4. The molecule has 1 unspecified atom stereocenters. The second kappa shape index (κ2) is 7.01. The van der Waals surface area contributed by atoms with E-state index in [-0.39, 0.29) is 22.9 Å². The van der Waals surface area contributed by atoms with Crippen molar-refractivity contribution in [2.45, 2.75) is 26.7 Å². The van der Waals surface area contributed by atoms with Crippen LogP contribution in [0.25, 0.3) is 0 Å². The molecule has 0 radical (unpaired) electrons. The summed E-state index contributed by atoms with van der Waals surface area (Å²) in [6, 6.07) is 9.38. The Labute approximate surface area is 141 Å². The average molecular weight is 333 g/mol. The Balaban J connectivity index is 2.13. The van der Waals surface area contributed by atoms with Crippen LogP contribution in [0.4, 0.5) is 0 Å². The van der Waals surface area contributed by atoms with Gasteiger partial charge in [0.15, 0.2) is 0 Å². The van der Waals surface area contributed by atoms with Crippen molar-refractivity contribution in [1.29, 1.82) is 0 Å². The van der Waals surface area contributed by atoms with Gasteiger partial charge in [-0.15, -0.1) is 0 Å². The summed E-state index contributed by atoms with van der Waals surface area (Å²) in [5.74, 6) is -0.199. The molecule has 2 aromatic rings. The molecule has 1 amide bonds. The number of halogens is 1. The summed E-state index contributed by atoms with van der Waals surface area (Å²) in [5.41, 5.74) is 2.56. The third-order valence-corrected chi connectivity index (χ3v) is 4.35. The monoisotopic (exact) mass is 332 g/mol. The van der Waals surface area contributed by atoms with Crippen LogP contribution in [0, 0.1) is 13.8 Å². The van der Waals surface area contributed by atoms with Gasteiger partial charge >= 0.3 is 0 Å². The number of pyridine rings is 1. The van der Waals surface area contributed by atoms with Gasteiger partial charge in [0.1, 0.15) is 5.56 Å². The number of nitrogens with one attached hydrogen (secondary N) is 1. The van der Waals surface area contributed by atoms with E-state index in [0.717, 1.165) is 11.3 Å². The highest BCUT2D eigenvalue weighted by Crippen LogP contribution is 2.17. The van der Waals surface area contributed by atoms with Crippen molar-refractivity contribution in [1.82, 2.24) is 9.88 Å². The Morgan fingerprint density at radius 1 is 1.26 bits per heavy atom. The molecule has 2 rings (SSSR count). The standard InChI is InChI=1S/C18H21ClN2O2/c1-11-9-13(3)21(4)18(23)16(11)17(22)20-10-12(2)14-5-7-15(19)8-6-14/h5-9,12H,10H2,1-4H3,(H,20,22). The fraction of sp³-hybridized carbons (Fsp3) is 0.333. The van der Waals surface area contributed by atoms with Crippen molar-refractivity contribution >= 4 is 17.5 Å². The number of aryl methyl sites for hydroxylation is 2. The quantitative estimate of drug-likeness (QED) is 0.934. The third kappa shape index (κ3) is 3.82. The molecule has 0 aliphatic carbocycles. The van der Waals surface area contributed by atoms with Gasteiger partial charge in [-0.2, -0.15) is 0 Å². The lowest BCUT2D eigenvalue weighted by atomic mass is 10.0. The highest BCUT2D eigenvalue weighted by Gasteiger charge is 2.17. The predicted molar refractivity (Wildman–Crippen MR) is 93.4 cm³/mol. The van der Waals surface area contributed by atoms with E-state index in [1.54, 1.807) is 14.0 Å². The second-order valence-corrected chi connectivity index (χ2v) is 6.31. The molecule has 4 nitrogen and oxygen atoms in total. The fourth-order valence-electron chi connectivity index (χ4n) is 2.50. The normalized spacial score (nSPS) is 12.0. The summed E-state index contributed by atoms with van der Waals surface area (Å²) in [4.78, 5) is 24.7. The van der Waals surface area contributed by atoms with Crippen LogP contribution < -0.4 is 10.9 Å². The van der Waals surface area contributed by atoms with E-state index in [4.69, 9.17) is 11.6 Å². The minimum atomic E-state index is -0.330. The molecule has 0 aliphatic rings. The van der Waals surface area contributed by atoms with Crippen LogP contribution in [-0.2, 0) is 7.05 Å². The van der Waals surface area contributed by atoms with E-state index < -0.39 is 0 Å². The van der Waals surface area contributed by atoms with Crippen LogP contribution in [0.15, 0.2) is 35.1 Å². The SMILES string of the molecule is Cc1cc(C)n(C)c(=O)c1C(=O)NCC(C)c1ccc(Cl)cc1. The molecule has 1 N–H and O–H groups in total. The zero-order chi connectivity index (χ0) is 17.1. The summed E-state index contributed by atoms with van der Waals surface area (Å²) in [6.45, 7) is 6.10. The fourth-order valence-corrected chi connectivity index (χ4v) is 2.62. The van der Waals surface area contributed by atoms with Crippen LogP contribution >= 0.6 is 11.6 Å². The summed E-state index contributed by atoms with van der Waals surface area (Å²) < 4.78 is 1.49. The Morgan fingerprint density at radius 3 is 2.48 bits per heavy atom. The maximum atomic E-state index is 12.4. The summed E-state index contributed by atoms with van der Waals surface area (Å²) in [6.07, 6.45) is 0. The van der Waals surface area contributed by atoms with E-state index >= 15 is 0 Å². The van der Waals surface area contributed by atoms with E-state index in [9.17, 15) is 9.59 Å². The van der Waals surface area contributed by atoms with Crippen molar-refractivity contribution in [3.8, 4) is 0 Å². The molecule has 0 saturated carbocycles. The van der Waals surface area contributed by atoms with Crippen LogP contribution in [0.5, 0.6) is 0 Å². The molecule has 5 heteroatoms. The topological polar surface area (TPSA) is 51.1 Å². The Hall–Kier alpha value is -2.07. The number of hydrogen-bond acceptors (Lipinski definition) is 2. The van der Waals surface area contributed by atoms with Crippen LogP contribution in [0.1, 0.15) is 40.0 Å². The second-order valence-electron chi connectivity index (χ2n) is 5.87. The van der Waals surface area contributed by atoms with Gasteiger partial charge in [-0.3, -0.25) is 9.59 Å². The minimum Gasteiger partial charge on any atom is -0.351 e. The van der Waals surface area contributed by atoms with Crippen molar-refractivity contribution in [2.75, 3.05) is 6.54 Å². The first-order chi connectivity index (χ1) is 10.8. The van der Waals surface area contributed by atoms with Gasteiger partial charge in [-0.05, 0) is 49.1 Å². The number of aromatic nitrogens is 1. The lowest BCUT2D eigenvalue weighted by Gasteiger charge is -2.15. The maximum Gasteiger partial charge on any atom is 0.263 e. The van der Waals surface area contributed by atoms with Crippen molar-refractivity contribution < 1.29 is 4.79 Å². The molecule has 0 fully saturated rings. The number of carbonyl (C=O) groups excluding carboxylic acids is 1. The first-order valence-electron chi connectivity index (χ1n) is 7.52. The lowest BCUT2D eigenvalue weighted by molar-refractivity contribution is 0.0949. The zero-order valence-electron chi connectivity index (χ0n) is 13.8. The number of nitrogens with zero attached hydrogens (tertiary/aromatic N) is 1. The highest BCUT2D eigenvalue weighted by molar-refractivity contribution is 6.30. The van der Waals surface area contributed by atoms with Gasteiger partial charge < -0.3 is 9.88 Å². The van der Waals surface area contributed by atoms with E-state index in [2.05, 4.69) is 5.32 Å². The molecule has 0 aliphatic heterocycles. The molecule has 23 heavy (non-hydrogen) atoms. The molecule has 1 aromatic heterocycles. The third-order valence-electron chi connectivity index (χ3n) is 4.10. The molecular weight excluding hydrogens is 312 g/mol. The smallest absolute Gasteiger partial charge is 0.263 e. The molecule has 122 valence electrons. The van der Waals surface area contributed by atoms with Crippen molar-refractivity contribution in [3.05, 3.63) is 68.1 Å². The Bertz CT molecular complexity index is 779. The molecule has 0 bridgehead atoms. The number of hydrogen-bond donors (Lipinski definition) is 1. The summed E-state index contributed by atoms with van der Waals surface area (Å²) in [7, 11) is 1.67. The molecule has 0 saturated heterocycles. The predicted octanol–water partition coefficient (Wildman–Crippen LogP) is 3.19. The first-order valence-corrected chi connectivity index (χ1v) is 7.90. The number of benzene rings is 1. The van der Waals surface area contributed by atoms with Gasteiger partial charge in [0.2, 0.25) is 0 Å². The Morgan fingerprint density at radius 2 is 1.87 bits per heavy atom. The van der Waals surface area contributed by atoms with Gasteiger partial charge in [0.25, 0.3) is 11.5 Å². The molecule has 0 spiro atoms. The largest absolute Gasteiger partial charge is 0.351 e. The van der Waals surface area contributed by atoms with Crippen LogP contribution in [-0.4, -0.2) is 17.0 Å². The number of rotatable bonds is 4. The summed E-state index contributed by atoms with van der Waals surface area (Å²) in [5, 5.41) is 3.54. The first kappa shape index (κ1) is 17.3. The van der Waals surface area contributed by atoms with Crippen molar-refractivity contribution in [3.63, 3.8) is 0 Å². The number of carbonyl (C=O) groups is 1. The van der Waals surface area contributed by atoms with Crippen LogP contribution in [0.3, 0.4) is 0 Å². The highest BCUT2D eigenvalue weighted by atomic mass is 35.5. The van der Waals surface area contributed by atoms with Gasteiger partial charge in [-0.25, -0.2) is 0 Å². The lowest BCUT2D eigenvalue weighted by Crippen LogP contribution is -2.35. The average Bonchev–Trinajstić information content (AvgIpc) is 2.51. The van der Waals surface area contributed by atoms with Gasteiger partial charge in [0, 0.05) is 24.3 Å². The van der Waals surface area contributed by atoms with Crippen molar-refractivity contribution in [2.24, 2.45) is 7.05 Å². The van der Waals surface area contributed by atoms with E-state index in [0.29, 0.717) is 17.1 Å². The number of amides is 1. The zero-order valence-corrected chi connectivity index (χ0v) is 14.6. The van der Waals surface area contributed by atoms with Gasteiger partial charge in [0.05, 0.1) is 0 Å². The molecule has 1 atom stereocenters. The van der Waals surface area contributed by atoms with Crippen LogP contribution in [0.2, 0.25) is 5.02 Å². The molecule has 1 aromatic carbocycles. The molecular formula is C18H21ClN2O2. The minimum absolute atomic E-state index is 0.130. The summed E-state index contributed by atoms with van der Waals surface area (Å²) >= 11 is 5.88. The Kier molecular flexibility index (Phi) is 5.26. The van der Waals surface area contributed by atoms with E-state index in [1.165, 1.54) is 4.57 Å². The molecule has 1 heterocycles. The van der Waals surface area contributed by atoms with Gasteiger partial charge in [-0.1, -0.05) is 30.7 Å². The van der Waals surface area contributed by atoms with E-state index in [1.807, 2.05) is 44.2 Å².